The molecule has 2 aromatic rings. The molecule has 3 nitrogen and oxygen atoms in total. The Morgan fingerprint density at radius 1 is 1.39 bits per heavy atom. The van der Waals surface area contributed by atoms with E-state index in [-0.39, 0.29) is 22.7 Å². The van der Waals surface area contributed by atoms with Gasteiger partial charge in [0.2, 0.25) is 0 Å². The highest BCUT2D eigenvalue weighted by Crippen LogP contribution is 2.17. The summed E-state index contributed by atoms with van der Waals surface area (Å²) in [5.41, 5.74) is 0.298. The van der Waals surface area contributed by atoms with E-state index in [9.17, 15) is 9.18 Å². The first-order valence-electron chi connectivity index (χ1n) is 5.15. The lowest BCUT2D eigenvalue weighted by Gasteiger charge is -2.07. The summed E-state index contributed by atoms with van der Waals surface area (Å²) in [5, 5.41) is 9.01. The molecule has 0 unspecified atom stereocenters. The summed E-state index contributed by atoms with van der Waals surface area (Å²) in [6, 6.07) is 8.86. The quantitative estimate of drug-likeness (QED) is 0.835. The molecule has 1 aromatic heterocycles. The van der Waals surface area contributed by atoms with Crippen molar-refractivity contribution >= 4 is 11.6 Å². The molecule has 0 amide bonds. The van der Waals surface area contributed by atoms with Gasteiger partial charge in [0.05, 0.1) is 6.54 Å². The third-order valence-corrected chi connectivity index (χ3v) is 2.85. The summed E-state index contributed by atoms with van der Waals surface area (Å²) in [4.78, 5) is 11.8. The Bertz CT molecular complexity index is 688. The van der Waals surface area contributed by atoms with Gasteiger partial charge in [0, 0.05) is 11.2 Å². The highest BCUT2D eigenvalue weighted by atomic mass is 35.5. The molecule has 0 saturated heterocycles. The highest BCUT2D eigenvalue weighted by Gasteiger charge is 2.06. The van der Waals surface area contributed by atoms with Crippen LogP contribution in [0.5, 0.6) is 0 Å². The van der Waals surface area contributed by atoms with Crippen LogP contribution in [0.25, 0.3) is 0 Å². The van der Waals surface area contributed by atoms with Crippen LogP contribution < -0.4 is 5.56 Å². The average Bonchev–Trinajstić information content (AvgIpc) is 2.35. The second-order valence-electron chi connectivity index (χ2n) is 3.70. The number of hydrogen-bond donors (Lipinski definition) is 0. The van der Waals surface area contributed by atoms with Crippen LogP contribution in [0.4, 0.5) is 4.39 Å². The zero-order valence-corrected chi connectivity index (χ0v) is 9.99. The Morgan fingerprint density at radius 3 is 2.83 bits per heavy atom. The number of benzene rings is 1. The van der Waals surface area contributed by atoms with Crippen molar-refractivity contribution in [1.29, 1.82) is 5.26 Å². The Morgan fingerprint density at radius 2 is 2.17 bits per heavy atom. The maximum absolute atomic E-state index is 12.9. The number of aromatic nitrogens is 1. The van der Waals surface area contributed by atoms with Gasteiger partial charge in [0.1, 0.15) is 17.4 Å². The predicted octanol–water partition coefficient (Wildman–Crippen LogP) is 2.56. The molecule has 90 valence electrons. The molecule has 0 aliphatic heterocycles. The molecule has 0 radical (unpaired) electrons. The standard InChI is InChI=1S/C13H8ClFN2O/c14-12-6-11(15)4-3-10(12)8-17-5-1-2-9(7-16)13(17)18/h1-6H,8H2. The van der Waals surface area contributed by atoms with Gasteiger partial charge in [-0.3, -0.25) is 4.79 Å². The number of hydrogen-bond acceptors (Lipinski definition) is 2. The van der Waals surface area contributed by atoms with Crippen LogP contribution in [-0.4, -0.2) is 4.57 Å². The van der Waals surface area contributed by atoms with Crippen molar-refractivity contribution in [2.24, 2.45) is 0 Å². The number of nitrogens with zero attached hydrogens (tertiary/aromatic N) is 2. The van der Waals surface area contributed by atoms with Gasteiger partial charge in [-0.05, 0) is 29.8 Å². The second-order valence-corrected chi connectivity index (χ2v) is 4.11. The number of nitriles is 1. The summed E-state index contributed by atoms with van der Waals surface area (Å²) in [5.74, 6) is -0.429. The zero-order chi connectivity index (χ0) is 13.1. The zero-order valence-electron chi connectivity index (χ0n) is 9.23. The normalized spacial score (nSPS) is 10.1. The summed E-state index contributed by atoms with van der Waals surface area (Å²) in [6.07, 6.45) is 1.56. The molecule has 1 heterocycles. The van der Waals surface area contributed by atoms with Gasteiger partial charge in [0.15, 0.2) is 0 Å². The van der Waals surface area contributed by atoms with Crippen LogP contribution >= 0.6 is 11.6 Å². The molecular formula is C13H8ClFN2O. The molecule has 5 heteroatoms. The van der Waals surface area contributed by atoms with E-state index in [4.69, 9.17) is 16.9 Å². The molecule has 0 spiro atoms. The first-order chi connectivity index (χ1) is 8.61. The molecule has 0 saturated carbocycles. The molecule has 0 N–H and O–H groups in total. The van der Waals surface area contributed by atoms with E-state index >= 15 is 0 Å². The van der Waals surface area contributed by atoms with Gasteiger partial charge in [-0.15, -0.1) is 0 Å². The second kappa shape index (κ2) is 5.03. The van der Waals surface area contributed by atoms with Gasteiger partial charge in [-0.1, -0.05) is 17.7 Å². The minimum Gasteiger partial charge on any atom is -0.310 e. The summed E-state index contributed by atoms with van der Waals surface area (Å²) >= 11 is 5.89. The summed E-state index contributed by atoms with van der Waals surface area (Å²) in [6.45, 7) is 0.202. The number of pyridine rings is 1. The smallest absolute Gasteiger partial charge is 0.268 e. The molecular weight excluding hydrogens is 255 g/mol. The number of halogens is 2. The largest absolute Gasteiger partial charge is 0.310 e. The molecule has 0 atom stereocenters. The van der Waals surface area contributed by atoms with Crippen LogP contribution in [-0.2, 0) is 6.54 Å². The molecule has 18 heavy (non-hydrogen) atoms. The first-order valence-corrected chi connectivity index (χ1v) is 5.53. The lowest BCUT2D eigenvalue weighted by atomic mass is 10.2. The van der Waals surface area contributed by atoms with Crippen molar-refractivity contribution in [3.8, 4) is 6.07 Å². The maximum Gasteiger partial charge on any atom is 0.268 e. The van der Waals surface area contributed by atoms with Gasteiger partial charge < -0.3 is 4.57 Å². The van der Waals surface area contributed by atoms with Crippen molar-refractivity contribution in [1.82, 2.24) is 4.57 Å². The first kappa shape index (κ1) is 12.3. The van der Waals surface area contributed by atoms with E-state index in [1.807, 2.05) is 6.07 Å². The lowest BCUT2D eigenvalue weighted by Crippen LogP contribution is -2.22. The molecule has 2 rings (SSSR count). The predicted molar refractivity (Wildman–Crippen MR) is 65.9 cm³/mol. The maximum atomic E-state index is 12.9. The van der Waals surface area contributed by atoms with E-state index < -0.39 is 5.82 Å². The third kappa shape index (κ3) is 2.41. The summed E-state index contributed by atoms with van der Waals surface area (Å²) < 4.78 is 14.2. The van der Waals surface area contributed by atoms with Crippen molar-refractivity contribution in [2.75, 3.05) is 0 Å². The highest BCUT2D eigenvalue weighted by molar-refractivity contribution is 6.31. The van der Waals surface area contributed by atoms with E-state index in [2.05, 4.69) is 0 Å². The lowest BCUT2D eigenvalue weighted by molar-refractivity contribution is 0.626. The monoisotopic (exact) mass is 262 g/mol. The fourth-order valence-corrected chi connectivity index (χ4v) is 1.81. The van der Waals surface area contributed by atoms with Gasteiger partial charge >= 0.3 is 0 Å². The Hall–Kier alpha value is -2.12. The Balaban J connectivity index is 2.41. The summed E-state index contributed by atoms with van der Waals surface area (Å²) in [7, 11) is 0. The minimum atomic E-state index is -0.429. The van der Waals surface area contributed by atoms with E-state index in [1.165, 1.54) is 28.8 Å². The van der Waals surface area contributed by atoms with E-state index in [1.54, 1.807) is 12.3 Å². The minimum absolute atomic E-state index is 0.0655. The van der Waals surface area contributed by atoms with Crippen molar-refractivity contribution in [3.05, 3.63) is 68.8 Å². The fraction of sp³-hybridized carbons (Fsp3) is 0.0769. The average molecular weight is 263 g/mol. The number of rotatable bonds is 2. The van der Waals surface area contributed by atoms with E-state index in [0.717, 1.165) is 0 Å². The third-order valence-electron chi connectivity index (χ3n) is 2.50. The van der Waals surface area contributed by atoms with Crippen molar-refractivity contribution in [3.63, 3.8) is 0 Å². The fourth-order valence-electron chi connectivity index (χ4n) is 1.58. The molecule has 0 aliphatic rings. The van der Waals surface area contributed by atoms with Crippen molar-refractivity contribution < 1.29 is 4.39 Å². The van der Waals surface area contributed by atoms with E-state index in [0.29, 0.717) is 5.56 Å². The van der Waals surface area contributed by atoms with Crippen molar-refractivity contribution in [2.45, 2.75) is 6.54 Å². The topological polar surface area (TPSA) is 45.8 Å². The molecule has 0 fully saturated rings. The van der Waals surface area contributed by atoms with Crippen LogP contribution in [0.3, 0.4) is 0 Å². The van der Waals surface area contributed by atoms with Crippen LogP contribution in [0.2, 0.25) is 5.02 Å². The van der Waals surface area contributed by atoms with Crippen LogP contribution in [0.15, 0.2) is 41.3 Å². The SMILES string of the molecule is N#Cc1cccn(Cc2ccc(F)cc2Cl)c1=O. The Labute approximate surface area is 108 Å². The van der Waals surface area contributed by atoms with Crippen LogP contribution in [0, 0.1) is 17.1 Å². The van der Waals surface area contributed by atoms with Gasteiger partial charge in [0.25, 0.3) is 5.56 Å². The molecule has 0 bridgehead atoms. The molecule has 0 aliphatic carbocycles. The Kier molecular flexibility index (Phi) is 3.45. The molecule has 1 aromatic carbocycles. The van der Waals surface area contributed by atoms with Crippen LogP contribution in [0.1, 0.15) is 11.1 Å². The van der Waals surface area contributed by atoms with Gasteiger partial charge in [-0.2, -0.15) is 5.26 Å². The van der Waals surface area contributed by atoms with Gasteiger partial charge in [-0.25, -0.2) is 4.39 Å².